The standard InChI is InChI=1S/C15H19N5O3/c1-8-6-9(2)20(19-8)5-4-10-7-11(21)16-14-12(10)13(17-18-14)15(22)23-3/h6,10H,4-5,7H2,1-3H3,(H2,16,17,18,21)/t10-/m0/s1. The predicted molar refractivity (Wildman–Crippen MR) is 82.2 cm³/mol. The van der Waals surface area contributed by atoms with Crippen molar-refractivity contribution in [2.75, 3.05) is 12.4 Å². The van der Waals surface area contributed by atoms with Gasteiger partial charge in [-0.1, -0.05) is 0 Å². The molecule has 1 aliphatic rings. The number of esters is 1. The maximum atomic E-state index is 11.9. The molecule has 0 radical (unpaired) electrons. The van der Waals surface area contributed by atoms with Gasteiger partial charge in [0.2, 0.25) is 5.91 Å². The topological polar surface area (TPSA) is 102 Å². The Morgan fingerprint density at radius 1 is 1.48 bits per heavy atom. The summed E-state index contributed by atoms with van der Waals surface area (Å²) >= 11 is 0. The van der Waals surface area contributed by atoms with Crippen molar-refractivity contribution < 1.29 is 14.3 Å². The van der Waals surface area contributed by atoms with Crippen molar-refractivity contribution in [1.29, 1.82) is 0 Å². The molecule has 0 bridgehead atoms. The molecule has 0 fully saturated rings. The fourth-order valence-corrected chi connectivity index (χ4v) is 3.04. The maximum absolute atomic E-state index is 11.9. The average Bonchev–Trinajstić information content (AvgIpc) is 3.07. The Morgan fingerprint density at radius 2 is 2.26 bits per heavy atom. The van der Waals surface area contributed by atoms with Gasteiger partial charge < -0.3 is 10.1 Å². The van der Waals surface area contributed by atoms with Gasteiger partial charge in [0, 0.05) is 30.1 Å². The number of nitrogens with one attached hydrogen (secondary N) is 2. The summed E-state index contributed by atoms with van der Waals surface area (Å²) in [5.41, 5.74) is 3.06. The largest absolute Gasteiger partial charge is 0.464 e. The van der Waals surface area contributed by atoms with Gasteiger partial charge in [0.1, 0.15) is 5.69 Å². The highest BCUT2D eigenvalue weighted by Gasteiger charge is 2.33. The van der Waals surface area contributed by atoms with Gasteiger partial charge in [-0.05, 0) is 26.3 Å². The molecule has 3 rings (SSSR count). The number of H-pyrrole nitrogens is 1. The molecular formula is C15H19N5O3. The van der Waals surface area contributed by atoms with Crippen molar-refractivity contribution in [2.24, 2.45) is 0 Å². The molecule has 0 saturated carbocycles. The second kappa shape index (κ2) is 5.86. The molecule has 0 unspecified atom stereocenters. The van der Waals surface area contributed by atoms with Gasteiger partial charge in [0.05, 0.1) is 12.8 Å². The molecule has 1 aliphatic heterocycles. The monoisotopic (exact) mass is 317 g/mol. The van der Waals surface area contributed by atoms with E-state index in [0.717, 1.165) is 17.0 Å². The fraction of sp³-hybridized carbons (Fsp3) is 0.467. The molecule has 122 valence electrons. The van der Waals surface area contributed by atoms with Crippen LogP contribution in [0.3, 0.4) is 0 Å². The lowest BCUT2D eigenvalue weighted by Gasteiger charge is -2.22. The van der Waals surface area contributed by atoms with Crippen LogP contribution in [0, 0.1) is 13.8 Å². The summed E-state index contributed by atoms with van der Waals surface area (Å²) in [6, 6.07) is 2.01. The van der Waals surface area contributed by atoms with E-state index in [-0.39, 0.29) is 11.8 Å². The van der Waals surface area contributed by atoms with E-state index in [1.807, 2.05) is 24.6 Å². The van der Waals surface area contributed by atoms with Crippen LogP contribution in [-0.2, 0) is 16.1 Å². The first-order chi connectivity index (χ1) is 11.0. The van der Waals surface area contributed by atoms with E-state index < -0.39 is 5.97 Å². The van der Waals surface area contributed by atoms with Crippen molar-refractivity contribution >= 4 is 17.7 Å². The first kappa shape index (κ1) is 15.3. The number of fused-ring (bicyclic) bond motifs is 1. The van der Waals surface area contributed by atoms with E-state index in [1.54, 1.807) is 0 Å². The normalized spacial score (nSPS) is 16.8. The molecule has 2 aromatic heterocycles. The summed E-state index contributed by atoms with van der Waals surface area (Å²) in [5, 5.41) is 13.8. The lowest BCUT2D eigenvalue weighted by Crippen LogP contribution is -2.25. The van der Waals surface area contributed by atoms with Gasteiger partial charge >= 0.3 is 5.97 Å². The van der Waals surface area contributed by atoms with E-state index in [2.05, 4.69) is 20.6 Å². The highest BCUT2D eigenvalue weighted by atomic mass is 16.5. The maximum Gasteiger partial charge on any atom is 0.356 e. The first-order valence-electron chi connectivity index (χ1n) is 7.47. The number of anilines is 1. The molecule has 1 atom stereocenters. The number of aromatic amines is 1. The van der Waals surface area contributed by atoms with Crippen LogP contribution >= 0.6 is 0 Å². The second-order valence-electron chi connectivity index (χ2n) is 5.74. The highest BCUT2D eigenvalue weighted by Crippen LogP contribution is 2.36. The van der Waals surface area contributed by atoms with Crippen LogP contribution in [0.5, 0.6) is 0 Å². The number of carbonyl (C=O) groups excluding carboxylic acids is 2. The zero-order chi connectivity index (χ0) is 16.6. The van der Waals surface area contributed by atoms with E-state index in [9.17, 15) is 9.59 Å². The average molecular weight is 317 g/mol. The Hall–Kier alpha value is -2.64. The van der Waals surface area contributed by atoms with E-state index in [4.69, 9.17) is 4.74 Å². The van der Waals surface area contributed by atoms with Crippen LogP contribution in [0.4, 0.5) is 5.82 Å². The summed E-state index contributed by atoms with van der Waals surface area (Å²) in [4.78, 5) is 23.7. The van der Waals surface area contributed by atoms with Crippen molar-refractivity contribution in [3.05, 3.63) is 28.7 Å². The molecule has 8 heteroatoms. The number of nitrogens with zero attached hydrogens (tertiary/aromatic N) is 3. The molecule has 8 nitrogen and oxygen atoms in total. The molecule has 3 heterocycles. The molecular weight excluding hydrogens is 298 g/mol. The van der Waals surface area contributed by atoms with Crippen molar-refractivity contribution in [2.45, 2.75) is 39.2 Å². The fourth-order valence-electron chi connectivity index (χ4n) is 3.04. The third-order valence-electron chi connectivity index (χ3n) is 4.08. The van der Waals surface area contributed by atoms with Crippen molar-refractivity contribution in [3.63, 3.8) is 0 Å². The number of aryl methyl sites for hydroxylation is 3. The minimum absolute atomic E-state index is 0.0983. The number of hydrogen-bond donors (Lipinski definition) is 2. The molecule has 0 spiro atoms. The Balaban J connectivity index is 1.85. The lowest BCUT2D eigenvalue weighted by molar-refractivity contribution is -0.116. The number of ether oxygens (including phenoxy) is 1. The second-order valence-corrected chi connectivity index (χ2v) is 5.74. The van der Waals surface area contributed by atoms with Gasteiger partial charge in [-0.2, -0.15) is 10.2 Å². The van der Waals surface area contributed by atoms with Gasteiger partial charge in [0.15, 0.2) is 5.82 Å². The number of rotatable bonds is 4. The summed E-state index contributed by atoms with van der Waals surface area (Å²) < 4.78 is 6.70. The Kier molecular flexibility index (Phi) is 3.89. The summed E-state index contributed by atoms with van der Waals surface area (Å²) in [7, 11) is 1.32. The van der Waals surface area contributed by atoms with Crippen LogP contribution in [0.25, 0.3) is 0 Å². The molecule has 0 saturated heterocycles. The van der Waals surface area contributed by atoms with Gasteiger partial charge in [-0.15, -0.1) is 0 Å². The minimum Gasteiger partial charge on any atom is -0.464 e. The predicted octanol–water partition coefficient (Wildman–Crippen LogP) is 1.53. The quantitative estimate of drug-likeness (QED) is 0.833. The molecule has 2 N–H and O–H groups in total. The molecule has 23 heavy (non-hydrogen) atoms. The molecule has 0 aliphatic carbocycles. The summed E-state index contributed by atoms with van der Waals surface area (Å²) in [5.74, 6) is -0.264. The van der Waals surface area contributed by atoms with Crippen molar-refractivity contribution in [1.82, 2.24) is 20.0 Å². The highest BCUT2D eigenvalue weighted by molar-refractivity contribution is 5.98. The SMILES string of the molecule is COC(=O)c1[nH]nc2c1[C@@H](CCn1nc(C)cc1C)CC(=O)N2. The van der Waals surface area contributed by atoms with Gasteiger partial charge in [-0.25, -0.2) is 4.79 Å². The first-order valence-corrected chi connectivity index (χ1v) is 7.47. The summed E-state index contributed by atoms with van der Waals surface area (Å²) in [6.07, 6.45) is 1.00. The van der Waals surface area contributed by atoms with E-state index >= 15 is 0 Å². The molecule has 1 amide bonds. The third-order valence-corrected chi connectivity index (χ3v) is 4.08. The summed E-state index contributed by atoms with van der Waals surface area (Å²) in [6.45, 7) is 4.61. The number of amides is 1. The third kappa shape index (κ3) is 2.84. The van der Waals surface area contributed by atoms with E-state index in [1.165, 1.54) is 7.11 Å². The molecule has 2 aromatic rings. The number of hydrogen-bond acceptors (Lipinski definition) is 5. The number of methoxy groups -OCH3 is 1. The smallest absolute Gasteiger partial charge is 0.356 e. The minimum atomic E-state index is -0.481. The number of carbonyl (C=O) groups is 2. The Labute approximate surface area is 133 Å². The van der Waals surface area contributed by atoms with Gasteiger partial charge in [0.25, 0.3) is 0 Å². The zero-order valence-electron chi connectivity index (χ0n) is 13.3. The van der Waals surface area contributed by atoms with Gasteiger partial charge in [-0.3, -0.25) is 14.6 Å². The Bertz CT molecular complexity index is 761. The van der Waals surface area contributed by atoms with Crippen LogP contribution in [-0.4, -0.2) is 39.0 Å². The molecule has 0 aromatic carbocycles. The van der Waals surface area contributed by atoms with Crippen LogP contribution in [0.1, 0.15) is 46.2 Å². The van der Waals surface area contributed by atoms with Crippen LogP contribution < -0.4 is 5.32 Å². The van der Waals surface area contributed by atoms with E-state index in [0.29, 0.717) is 30.9 Å². The van der Waals surface area contributed by atoms with Crippen LogP contribution in [0.2, 0.25) is 0 Å². The Morgan fingerprint density at radius 3 is 2.91 bits per heavy atom. The van der Waals surface area contributed by atoms with Crippen molar-refractivity contribution in [3.8, 4) is 0 Å². The number of aromatic nitrogens is 4. The zero-order valence-corrected chi connectivity index (χ0v) is 13.3. The lowest BCUT2D eigenvalue weighted by atomic mass is 9.89. The van der Waals surface area contributed by atoms with Crippen LogP contribution in [0.15, 0.2) is 6.07 Å².